The minimum Gasteiger partial charge on any atom is -0.394 e. The Morgan fingerprint density at radius 3 is 2.19 bits per heavy atom. The van der Waals surface area contributed by atoms with E-state index in [4.69, 9.17) is 0 Å². The summed E-state index contributed by atoms with van der Waals surface area (Å²) < 4.78 is 0. The molecule has 0 atom stereocenters. The van der Waals surface area contributed by atoms with Crippen LogP contribution in [0.15, 0.2) is 0 Å². The van der Waals surface area contributed by atoms with E-state index >= 15 is 0 Å². The Kier molecular flexibility index (Phi) is 4.14. The molecule has 6 heteroatoms. The van der Waals surface area contributed by atoms with Crippen LogP contribution in [-0.4, -0.2) is 44.1 Å². The van der Waals surface area contributed by atoms with Gasteiger partial charge in [0.1, 0.15) is 0 Å². The third-order valence-electron chi connectivity index (χ3n) is 2.75. The van der Waals surface area contributed by atoms with Gasteiger partial charge in [0, 0.05) is 0 Å². The summed E-state index contributed by atoms with van der Waals surface area (Å²) in [6, 6.07) is 0. The van der Waals surface area contributed by atoms with Crippen LogP contribution in [0.4, 0.5) is 5.95 Å². The van der Waals surface area contributed by atoms with Gasteiger partial charge in [0.2, 0.25) is 5.95 Å². The van der Waals surface area contributed by atoms with Gasteiger partial charge in [-0.2, -0.15) is 5.10 Å². The van der Waals surface area contributed by atoms with Crippen molar-refractivity contribution in [2.24, 2.45) is 0 Å². The maximum Gasteiger partial charge on any atom is 0.243 e. The molecule has 0 radical (unpaired) electrons. The Balaban J connectivity index is 2.89. The summed E-state index contributed by atoms with van der Waals surface area (Å²) >= 11 is 0. The fourth-order valence-electron chi connectivity index (χ4n) is 1.19. The number of hydrogen-bond acceptors (Lipinski definition) is 6. The molecule has 0 unspecified atom stereocenters. The van der Waals surface area contributed by atoms with Gasteiger partial charge in [-0.1, -0.05) is 6.92 Å². The zero-order valence-corrected chi connectivity index (χ0v) is 9.86. The fraction of sp³-hybridized carbons (Fsp3) is 0.700. The van der Waals surface area contributed by atoms with E-state index in [2.05, 4.69) is 20.5 Å². The lowest BCUT2D eigenvalue weighted by Gasteiger charge is -2.29. The first kappa shape index (κ1) is 12.8. The second-order valence-electron chi connectivity index (χ2n) is 3.88. The minimum atomic E-state index is -0.788. The van der Waals surface area contributed by atoms with Crippen molar-refractivity contribution in [1.82, 2.24) is 15.2 Å². The number of aliphatic hydroxyl groups is 2. The van der Waals surface area contributed by atoms with E-state index in [9.17, 15) is 10.2 Å². The summed E-state index contributed by atoms with van der Waals surface area (Å²) in [5.74, 6) is 0.327. The molecule has 0 aliphatic rings. The monoisotopic (exact) mass is 226 g/mol. The summed E-state index contributed by atoms with van der Waals surface area (Å²) in [6.45, 7) is 5.16. The van der Waals surface area contributed by atoms with Crippen molar-refractivity contribution in [3.05, 3.63) is 11.4 Å². The molecule has 0 aliphatic carbocycles. The van der Waals surface area contributed by atoms with Crippen LogP contribution >= 0.6 is 0 Å². The van der Waals surface area contributed by atoms with Crippen LogP contribution < -0.4 is 5.32 Å². The van der Waals surface area contributed by atoms with Crippen LogP contribution in [0.2, 0.25) is 0 Å². The Morgan fingerprint density at radius 1 is 1.12 bits per heavy atom. The fourth-order valence-corrected chi connectivity index (χ4v) is 1.19. The largest absolute Gasteiger partial charge is 0.394 e. The highest BCUT2D eigenvalue weighted by atomic mass is 16.3. The van der Waals surface area contributed by atoms with Gasteiger partial charge in [-0.25, -0.2) is 4.98 Å². The number of nitrogens with one attached hydrogen (secondary N) is 1. The summed E-state index contributed by atoms with van der Waals surface area (Å²) in [4.78, 5) is 4.19. The predicted octanol–water partition coefficient (Wildman–Crippen LogP) is 0.0337. The van der Waals surface area contributed by atoms with Gasteiger partial charge in [0.25, 0.3) is 0 Å². The van der Waals surface area contributed by atoms with Gasteiger partial charge in [-0.05, 0) is 20.3 Å². The van der Waals surface area contributed by atoms with Crippen molar-refractivity contribution in [3.8, 4) is 0 Å². The Hall–Kier alpha value is -1.27. The molecule has 0 aliphatic heterocycles. The highest BCUT2D eigenvalue weighted by Gasteiger charge is 2.27. The summed E-state index contributed by atoms with van der Waals surface area (Å²) in [6.07, 6.45) is 0.566. The van der Waals surface area contributed by atoms with Crippen LogP contribution in [0.1, 0.15) is 24.7 Å². The summed E-state index contributed by atoms with van der Waals surface area (Å²) in [7, 11) is 0. The first-order valence-corrected chi connectivity index (χ1v) is 5.24. The van der Waals surface area contributed by atoms with Crippen molar-refractivity contribution in [2.45, 2.75) is 32.7 Å². The highest BCUT2D eigenvalue weighted by Crippen LogP contribution is 2.15. The second-order valence-corrected chi connectivity index (χ2v) is 3.88. The van der Waals surface area contributed by atoms with Gasteiger partial charge in [0.05, 0.1) is 30.1 Å². The Labute approximate surface area is 94.8 Å². The molecule has 1 heterocycles. The number of hydrogen-bond donors (Lipinski definition) is 3. The van der Waals surface area contributed by atoms with Gasteiger partial charge < -0.3 is 15.5 Å². The minimum absolute atomic E-state index is 0.184. The summed E-state index contributed by atoms with van der Waals surface area (Å²) in [5, 5.41) is 29.3. The highest BCUT2D eigenvalue weighted by molar-refractivity contribution is 5.29. The third-order valence-corrected chi connectivity index (χ3v) is 2.75. The van der Waals surface area contributed by atoms with Crippen LogP contribution in [0.3, 0.4) is 0 Å². The Morgan fingerprint density at radius 2 is 1.75 bits per heavy atom. The van der Waals surface area contributed by atoms with E-state index in [0.717, 1.165) is 11.4 Å². The molecule has 6 nitrogen and oxygen atoms in total. The third kappa shape index (κ3) is 2.65. The molecule has 16 heavy (non-hydrogen) atoms. The quantitative estimate of drug-likeness (QED) is 0.656. The number of rotatable bonds is 5. The van der Waals surface area contributed by atoms with E-state index in [-0.39, 0.29) is 13.2 Å². The molecule has 0 saturated heterocycles. The standard InChI is InChI=1S/C10H18N4O2/c1-4-10(5-15,6-16)12-9-11-7(2)8(3)13-14-9/h15-16H,4-6H2,1-3H3,(H,11,12,14). The smallest absolute Gasteiger partial charge is 0.243 e. The Bertz CT molecular complexity index is 344. The van der Waals surface area contributed by atoms with Crippen molar-refractivity contribution in [2.75, 3.05) is 18.5 Å². The molecule has 0 spiro atoms. The average molecular weight is 226 g/mol. The van der Waals surface area contributed by atoms with Crippen molar-refractivity contribution >= 4 is 5.95 Å². The van der Waals surface area contributed by atoms with E-state index in [1.54, 1.807) is 0 Å². The maximum atomic E-state index is 9.26. The molecule has 0 fully saturated rings. The molecular formula is C10H18N4O2. The zero-order valence-electron chi connectivity index (χ0n) is 9.86. The number of aliphatic hydroxyl groups excluding tert-OH is 2. The molecular weight excluding hydrogens is 208 g/mol. The normalized spacial score (nSPS) is 11.6. The number of anilines is 1. The van der Waals surface area contributed by atoms with Crippen molar-refractivity contribution in [1.29, 1.82) is 0 Å². The van der Waals surface area contributed by atoms with Gasteiger partial charge in [-0.3, -0.25) is 0 Å². The first-order chi connectivity index (χ1) is 7.56. The molecule has 0 amide bonds. The van der Waals surface area contributed by atoms with Crippen molar-refractivity contribution < 1.29 is 10.2 Å². The van der Waals surface area contributed by atoms with Gasteiger partial charge in [-0.15, -0.1) is 5.10 Å². The van der Waals surface area contributed by atoms with Crippen LogP contribution in [0.5, 0.6) is 0 Å². The molecule has 0 aromatic carbocycles. The lowest BCUT2D eigenvalue weighted by atomic mass is 9.99. The van der Waals surface area contributed by atoms with E-state index in [1.807, 2.05) is 20.8 Å². The van der Waals surface area contributed by atoms with Crippen LogP contribution in [0.25, 0.3) is 0 Å². The average Bonchev–Trinajstić information content (AvgIpc) is 2.31. The molecule has 1 aromatic rings. The molecule has 0 saturated carbocycles. The number of nitrogens with zero attached hydrogens (tertiary/aromatic N) is 3. The first-order valence-electron chi connectivity index (χ1n) is 5.24. The molecule has 1 aromatic heterocycles. The molecule has 0 bridgehead atoms. The molecule has 90 valence electrons. The summed E-state index contributed by atoms with van der Waals surface area (Å²) in [5.41, 5.74) is 0.752. The van der Waals surface area contributed by atoms with Gasteiger partial charge in [0.15, 0.2) is 0 Å². The van der Waals surface area contributed by atoms with Crippen LogP contribution in [0, 0.1) is 13.8 Å². The van der Waals surface area contributed by atoms with E-state index < -0.39 is 5.54 Å². The van der Waals surface area contributed by atoms with E-state index in [0.29, 0.717) is 12.4 Å². The SMILES string of the molecule is CCC(CO)(CO)Nc1nnc(C)c(C)n1. The van der Waals surface area contributed by atoms with Crippen LogP contribution in [-0.2, 0) is 0 Å². The number of aromatic nitrogens is 3. The van der Waals surface area contributed by atoms with Gasteiger partial charge >= 0.3 is 0 Å². The molecule has 3 N–H and O–H groups in total. The lowest BCUT2D eigenvalue weighted by Crippen LogP contribution is -2.45. The van der Waals surface area contributed by atoms with Crippen molar-refractivity contribution in [3.63, 3.8) is 0 Å². The lowest BCUT2D eigenvalue weighted by molar-refractivity contribution is 0.132. The predicted molar refractivity (Wildman–Crippen MR) is 60.1 cm³/mol. The zero-order chi connectivity index (χ0) is 12.2. The molecule has 1 rings (SSSR count). The van der Waals surface area contributed by atoms with E-state index in [1.165, 1.54) is 0 Å². The topological polar surface area (TPSA) is 91.2 Å². The second kappa shape index (κ2) is 5.18. The number of aryl methyl sites for hydroxylation is 2. The maximum absolute atomic E-state index is 9.26.